The fourth-order valence-electron chi connectivity index (χ4n) is 1.70. The maximum absolute atomic E-state index is 3.56. The molecule has 0 aromatic heterocycles. The summed E-state index contributed by atoms with van der Waals surface area (Å²) in [6, 6.07) is 0.895. The van der Waals surface area contributed by atoms with Crippen LogP contribution in [-0.2, 0) is 0 Å². The van der Waals surface area contributed by atoms with Crippen molar-refractivity contribution >= 4 is 0 Å². The molecule has 0 aromatic rings. The lowest BCUT2D eigenvalue weighted by atomic mass is 10.1. The maximum atomic E-state index is 3.56. The molecule has 1 rings (SSSR count). The van der Waals surface area contributed by atoms with Crippen LogP contribution in [-0.4, -0.2) is 36.6 Å². The molecule has 84 valence electrons. The van der Waals surface area contributed by atoms with Gasteiger partial charge < -0.3 is 10.2 Å². The molecule has 1 fully saturated rings. The third-order valence-corrected chi connectivity index (χ3v) is 2.75. The van der Waals surface area contributed by atoms with Gasteiger partial charge in [-0.2, -0.15) is 0 Å². The molecule has 1 unspecified atom stereocenters. The molecule has 0 spiro atoms. The zero-order valence-corrected chi connectivity index (χ0v) is 10.4. The fourth-order valence-corrected chi connectivity index (χ4v) is 1.70. The van der Waals surface area contributed by atoms with Gasteiger partial charge in [-0.05, 0) is 53.1 Å². The van der Waals surface area contributed by atoms with Crippen LogP contribution in [0.25, 0.3) is 0 Å². The number of hydrogen-bond donors (Lipinski definition) is 1. The van der Waals surface area contributed by atoms with Crippen molar-refractivity contribution in [2.75, 3.05) is 20.1 Å². The van der Waals surface area contributed by atoms with Crippen LogP contribution in [0.4, 0.5) is 0 Å². The van der Waals surface area contributed by atoms with Gasteiger partial charge in [-0.25, -0.2) is 0 Å². The summed E-state index contributed by atoms with van der Waals surface area (Å²) in [4.78, 5) is 2.51. The normalized spacial score (nSPS) is 20.1. The topological polar surface area (TPSA) is 15.3 Å². The molecule has 2 heteroatoms. The molecular formula is C12H26N2. The van der Waals surface area contributed by atoms with Crippen LogP contribution in [0.1, 0.15) is 40.5 Å². The largest absolute Gasteiger partial charge is 0.312 e. The summed E-state index contributed by atoms with van der Waals surface area (Å²) in [5.74, 6) is 0.750. The van der Waals surface area contributed by atoms with E-state index in [0.29, 0.717) is 0 Å². The van der Waals surface area contributed by atoms with Crippen molar-refractivity contribution in [2.24, 2.45) is 5.92 Å². The van der Waals surface area contributed by atoms with E-state index in [0.717, 1.165) is 18.5 Å². The average molecular weight is 198 g/mol. The first-order chi connectivity index (χ1) is 6.38. The Balaban J connectivity index is 2.11. The Morgan fingerprint density at radius 3 is 2.36 bits per heavy atom. The van der Waals surface area contributed by atoms with Crippen molar-refractivity contribution in [1.82, 2.24) is 10.2 Å². The molecular weight excluding hydrogens is 172 g/mol. The number of rotatable bonds is 5. The van der Waals surface area contributed by atoms with Gasteiger partial charge in [0, 0.05) is 18.1 Å². The van der Waals surface area contributed by atoms with Crippen LogP contribution in [0.15, 0.2) is 0 Å². The van der Waals surface area contributed by atoms with Gasteiger partial charge in [-0.3, -0.25) is 0 Å². The SMILES string of the molecule is CC(CNC(C)(C)C)CN(C)C1CC1. The van der Waals surface area contributed by atoms with Gasteiger partial charge in [0.25, 0.3) is 0 Å². The predicted molar refractivity (Wildman–Crippen MR) is 62.6 cm³/mol. The molecule has 0 aliphatic heterocycles. The van der Waals surface area contributed by atoms with Gasteiger partial charge in [-0.1, -0.05) is 6.92 Å². The fraction of sp³-hybridized carbons (Fsp3) is 1.00. The molecule has 1 atom stereocenters. The van der Waals surface area contributed by atoms with Crippen molar-refractivity contribution < 1.29 is 0 Å². The molecule has 0 saturated heterocycles. The molecule has 0 aromatic carbocycles. The minimum atomic E-state index is 0.256. The van der Waals surface area contributed by atoms with E-state index in [1.54, 1.807) is 0 Å². The maximum Gasteiger partial charge on any atom is 0.00966 e. The van der Waals surface area contributed by atoms with Gasteiger partial charge in [0.05, 0.1) is 0 Å². The Labute approximate surface area is 89.1 Å². The molecule has 1 aliphatic carbocycles. The summed E-state index contributed by atoms with van der Waals surface area (Å²) in [5, 5.41) is 3.56. The number of nitrogens with one attached hydrogen (secondary N) is 1. The molecule has 0 heterocycles. The van der Waals surface area contributed by atoms with E-state index in [2.05, 4.69) is 45.0 Å². The van der Waals surface area contributed by atoms with Crippen LogP contribution in [0.3, 0.4) is 0 Å². The van der Waals surface area contributed by atoms with Crippen LogP contribution in [0.2, 0.25) is 0 Å². The summed E-state index contributed by atoms with van der Waals surface area (Å²) in [5.41, 5.74) is 0.256. The predicted octanol–water partition coefficient (Wildman–Crippen LogP) is 2.10. The van der Waals surface area contributed by atoms with E-state index in [1.807, 2.05) is 0 Å². The van der Waals surface area contributed by atoms with Crippen molar-refractivity contribution in [3.05, 3.63) is 0 Å². The molecule has 2 nitrogen and oxygen atoms in total. The smallest absolute Gasteiger partial charge is 0.00966 e. The van der Waals surface area contributed by atoms with Gasteiger partial charge in [0.15, 0.2) is 0 Å². The third kappa shape index (κ3) is 4.97. The monoisotopic (exact) mass is 198 g/mol. The minimum absolute atomic E-state index is 0.256. The lowest BCUT2D eigenvalue weighted by Gasteiger charge is -2.26. The van der Waals surface area contributed by atoms with E-state index in [1.165, 1.54) is 19.4 Å². The van der Waals surface area contributed by atoms with E-state index in [-0.39, 0.29) is 5.54 Å². The lowest BCUT2D eigenvalue weighted by molar-refractivity contribution is 0.260. The molecule has 14 heavy (non-hydrogen) atoms. The Morgan fingerprint density at radius 2 is 1.93 bits per heavy atom. The average Bonchev–Trinajstić information content (AvgIpc) is 2.81. The lowest BCUT2D eigenvalue weighted by Crippen LogP contribution is -2.41. The Kier molecular flexibility index (Phi) is 3.96. The van der Waals surface area contributed by atoms with Crippen molar-refractivity contribution in [3.63, 3.8) is 0 Å². The van der Waals surface area contributed by atoms with E-state index in [4.69, 9.17) is 0 Å². The van der Waals surface area contributed by atoms with Crippen LogP contribution < -0.4 is 5.32 Å². The second-order valence-electron chi connectivity index (χ2n) is 5.91. The van der Waals surface area contributed by atoms with Crippen LogP contribution in [0.5, 0.6) is 0 Å². The van der Waals surface area contributed by atoms with Gasteiger partial charge in [0.2, 0.25) is 0 Å². The van der Waals surface area contributed by atoms with E-state index >= 15 is 0 Å². The number of hydrogen-bond acceptors (Lipinski definition) is 2. The second-order valence-corrected chi connectivity index (χ2v) is 5.91. The Morgan fingerprint density at radius 1 is 1.36 bits per heavy atom. The van der Waals surface area contributed by atoms with Crippen LogP contribution >= 0.6 is 0 Å². The highest BCUT2D eigenvalue weighted by molar-refractivity contribution is 4.83. The first-order valence-electron chi connectivity index (χ1n) is 5.84. The Bertz CT molecular complexity index is 168. The highest BCUT2D eigenvalue weighted by atomic mass is 15.2. The molecule has 1 N–H and O–H groups in total. The van der Waals surface area contributed by atoms with Gasteiger partial charge in [0.1, 0.15) is 0 Å². The molecule has 0 amide bonds. The van der Waals surface area contributed by atoms with E-state index < -0.39 is 0 Å². The summed E-state index contributed by atoms with van der Waals surface area (Å²) in [6.07, 6.45) is 2.83. The van der Waals surface area contributed by atoms with Crippen molar-refractivity contribution in [1.29, 1.82) is 0 Å². The van der Waals surface area contributed by atoms with Crippen molar-refractivity contribution in [2.45, 2.75) is 52.1 Å². The van der Waals surface area contributed by atoms with E-state index in [9.17, 15) is 0 Å². The summed E-state index contributed by atoms with van der Waals surface area (Å²) in [6.45, 7) is 11.4. The quantitative estimate of drug-likeness (QED) is 0.728. The minimum Gasteiger partial charge on any atom is -0.312 e. The first kappa shape index (κ1) is 12.0. The molecule has 1 aliphatic rings. The molecule has 0 radical (unpaired) electrons. The molecule has 0 bridgehead atoms. The van der Waals surface area contributed by atoms with Gasteiger partial charge >= 0.3 is 0 Å². The molecule has 1 saturated carbocycles. The standard InChI is InChI=1S/C12H26N2/c1-10(8-13-12(2,3)4)9-14(5)11-6-7-11/h10-11,13H,6-9H2,1-5H3. The Hall–Kier alpha value is -0.0800. The zero-order valence-electron chi connectivity index (χ0n) is 10.4. The zero-order chi connectivity index (χ0) is 10.8. The highest BCUT2D eigenvalue weighted by Crippen LogP contribution is 2.25. The van der Waals surface area contributed by atoms with Gasteiger partial charge in [-0.15, -0.1) is 0 Å². The summed E-state index contributed by atoms with van der Waals surface area (Å²) >= 11 is 0. The highest BCUT2D eigenvalue weighted by Gasteiger charge is 2.26. The van der Waals surface area contributed by atoms with Crippen molar-refractivity contribution in [3.8, 4) is 0 Å². The number of nitrogens with zero attached hydrogens (tertiary/aromatic N) is 1. The second kappa shape index (κ2) is 4.63. The van der Waals surface area contributed by atoms with Crippen LogP contribution in [0, 0.1) is 5.92 Å². The third-order valence-electron chi connectivity index (χ3n) is 2.75. The summed E-state index contributed by atoms with van der Waals surface area (Å²) in [7, 11) is 2.26. The first-order valence-corrected chi connectivity index (χ1v) is 5.84. The summed E-state index contributed by atoms with van der Waals surface area (Å²) < 4.78 is 0.